The molecule has 108 valence electrons. The summed E-state index contributed by atoms with van der Waals surface area (Å²) in [5.41, 5.74) is 0.289. The molecule has 0 aromatic carbocycles. The molecule has 7 nitrogen and oxygen atoms in total. The summed E-state index contributed by atoms with van der Waals surface area (Å²) in [6.45, 7) is 0.131. The van der Waals surface area contributed by atoms with E-state index in [1.807, 2.05) is 6.07 Å². The number of nitrogens with zero attached hydrogens (tertiary/aromatic N) is 3. The van der Waals surface area contributed by atoms with Crippen molar-refractivity contribution in [3.05, 3.63) is 11.8 Å². The van der Waals surface area contributed by atoms with Crippen LogP contribution in [0.1, 0.15) is 37.7 Å². The van der Waals surface area contributed by atoms with Crippen molar-refractivity contribution in [1.29, 1.82) is 5.26 Å². The highest BCUT2D eigenvalue weighted by atomic mass is 16.3. The number of aliphatic hydroxyl groups excluding tert-OH is 1. The van der Waals surface area contributed by atoms with Crippen LogP contribution in [-0.4, -0.2) is 33.6 Å². The van der Waals surface area contributed by atoms with Gasteiger partial charge in [0.2, 0.25) is 0 Å². The summed E-state index contributed by atoms with van der Waals surface area (Å²) in [6, 6.07) is 1.85. The van der Waals surface area contributed by atoms with Crippen LogP contribution in [0.2, 0.25) is 0 Å². The van der Waals surface area contributed by atoms with E-state index in [4.69, 9.17) is 10.4 Å². The van der Waals surface area contributed by atoms with E-state index in [2.05, 4.69) is 15.7 Å². The Morgan fingerprint density at radius 1 is 1.50 bits per heavy atom. The SMILES string of the molecule is N#Cc1cnn(CCO)c1NC(=O)NC1CCCCC1. The zero-order chi connectivity index (χ0) is 14.4. The number of urea groups is 1. The van der Waals surface area contributed by atoms with Gasteiger partial charge in [-0.05, 0) is 12.8 Å². The maximum atomic E-state index is 12.0. The fourth-order valence-corrected chi connectivity index (χ4v) is 2.44. The molecule has 1 aromatic rings. The summed E-state index contributed by atoms with van der Waals surface area (Å²) in [6.07, 6.45) is 6.87. The molecule has 0 aliphatic heterocycles. The first-order valence-corrected chi connectivity index (χ1v) is 6.89. The maximum absolute atomic E-state index is 12.0. The Labute approximate surface area is 117 Å². The number of nitrogens with one attached hydrogen (secondary N) is 2. The Hall–Kier alpha value is -2.07. The van der Waals surface area contributed by atoms with Gasteiger partial charge in [-0.2, -0.15) is 10.4 Å². The van der Waals surface area contributed by atoms with Crippen molar-refractivity contribution in [3.8, 4) is 6.07 Å². The minimum Gasteiger partial charge on any atom is -0.394 e. The molecule has 0 bridgehead atoms. The molecule has 3 N–H and O–H groups in total. The third kappa shape index (κ3) is 3.48. The highest BCUT2D eigenvalue weighted by Crippen LogP contribution is 2.18. The highest BCUT2D eigenvalue weighted by molar-refractivity contribution is 5.89. The Morgan fingerprint density at radius 2 is 2.25 bits per heavy atom. The number of rotatable bonds is 4. The fraction of sp³-hybridized carbons (Fsp3) is 0.615. The van der Waals surface area contributed by atoms with E-state index in [1.165, 1.54) is 17.3 Å². The number of carbonyl (C=O) groups excluding carboxylic acids is 1. The van der Waals surface area contributed by atoms with Gasteiger partial charge in [0.25, 0.3) is 0 Å². The van der Waals surface area contributed by atoms with Gasteiger partial charge in [0, 0.05) is 6.04 Å². The summed E-state index contributed by atoms with van der Waals surface area (Å²) < 4.78 is 1.42. The lowest BCUT2D eigenvalue weighted by Gasteiger charge is -2.23. The number of amides is 2. The van der Waals surface area contributed by atoms with Gasteiger partial charge >= 0.3 is 6.03 Å². The molecule has 0 radical (unpaired) electrons. The largest absolute Gasteiger partial charge is 0.394 e. The van der Waals surface area contributed by atoms with Crippen molar-refractivity contribution in [3.63, 3.8) is 0 Å². The van der Waals surface area contributed by atoms with Crippen LogP contribution >= 0.6 is 0 Å². The first kappa shape index (κ1) is 14.3. The van der Waals surface area contributed by atoms with Crippen LogP contribution in [-0.2, 0) is 6.54 Å². The van der Waals surface area contributed by atoms with Crippen LogP contribution in [0.4, 0.5) is 10.6 Å². The molecule has 1 aromatic heterocycles. The molecule has 1 aliphatic rings. The minimum atomic E-state index is -0.326. The molecule has 1 aliphatic carbocycles. The van der Waals surface area contributed by atoms with Crippen molar-refractivity contribution in [2.75, 3.05) is 11.9 Å². The van der Waals surface area contributed by atoms with E-state index in [0.29, 0.717) is 5.82 Å². The summed E-state index contributed by atoms with van der Waals surface area (Å²) in [5.74, 6) is 0.329. The molecule has 2 amide bonds. The number of anilines is 1. The molecule has 0 unspecified atom stereocenters. The first-order chi connectivity index (χ1) is 9.74. The van der Waals surface area contributed by atoms with Crippen LogP contribution in [0.15, 0.2) is 6.20 Å². The molecule has 1 heterocycles. The van der Waals surface area contributed by atoms with Crippen molar-refractivity contribution in [2.45, 2.75) is 44.7 Å². The molecular formula is C13H19N5O2. The van der Waals surface area contributed by atoms with Gasteiger partial charge in [-0.15, -0.1) is 0 Å². The fourth-order valence-electron chi connectivity index (χ4n) is 2.44. The predicted molar refractivity (Wildman–Crippen MR) is 73.1 cm³/mol. The predicted octanol–water partition coefficient (Wildman–Crippen LogP) is 1.20. The van der Waals surface area contributed by atoms with Gasteiger partial charge in [0.05, 0.1) is 19.3 Å². The van der Waals surface area contributed by atoms with Gasteiger partial charge < -0.3 is 10.4 Å². The molecular weight excluding hydrogens is 258 g/mol. The Kier molecular flexibility index (Phi) is 4.96. The number of aromatic nitrogens is 2. The Bertz CT molecular complexity index is 499. The smallest absolute Gasteiger partial charge is 0.320 e. The lowest BCUT2D eigenvalue weighted by molar-refractivity contribution is 0.243. The molecule has 0 saturated heterocycles. The Balaban J connectivity index is 1.99. The van der Waals surface area contributed by atoms with Crippen molar-refractivity contribution in [1.82, 2.24) is 15.1 Å². The van der Waals surface area contributed by atoms with E-state index in [9.17, 15) is 4.79 Å². The number of aliphatic hydroxyl groups is 1. The topological polar surface area (TPSA) is 103 Å². The highest BCUT2D eigenvalue weighted by Gasteiger charge is 2.18. The van der Waals surface area contributed by atoms with E-state index in [1.54, 1.807) is 0 Å². The average Bonchev–Trinajstić information content (AvgIpc) is 2.82. The standard InChI is InChI=1S/C13H19N5O2/c14-8-10-9-15-18(6-7-19)12(10)17-13(20)16-11-4-2-1-3-5-11/h9,11,19H,1-7H2,(H2,16,17,20). The van der Waals surface area contributed by atoms with Gasteiger partial charge in [0.15, 0.2) is 5.82 Å². The second kappa shape index (κ2) is 6.91. The van der Waals surface area contributed by atoms with Crippen LogP contribution in [0, 0.1) is 11.3 Å². The molecule has 1 saturated carbocycles. The monoisotopic (exact) mass is 277 g/mol. The summed E-state index contributed by atoms with van der Waals surface area (Å²) in [4.78, 5) is 12.0. The summed E-state index contributed by atoms with van der Waals surface area (Å²) in [5, 5.41) is 27.5. The molecule has 2 rings (SSSR count). The molecule has 1 fully saturated rings. The van der Waals surface area contributed by atoms with Gasteiger partial charge in [-0.3, -0.25) is 5.32 Å². The second-order valence-corrected chi connectivity index (χ2v) is 4.90. The maximum Gasteiger partial charge on any atom is 0.320 e. The molecule has 0 spiro atoms. The number of hydrogen-bond donors (Lipinski definition) is 3. The average molecular weight is 277 g/mol. The van der Waals surface area contributed by atoms with E-state index >= 15 is 0 Å². The molecule has 0 atom stereocenters. The quantitative estimate of drug-likeness (QED) is 0.769. The number of hydrogen-bond acceptors (Lipinski definition) is 4. The van der Waals surface area contributed by atoms with E-state index < -0.39 is 0 Å². The van der Waals surface area contributed by atoms with Crippen LogP contribution in [0.5, 0.6) is 0 Å². The molecule has 7 heteroatoms. The van der Waals surface area contributed by atoms with Crippen LogP contribution in [0.3, 0.4) is 0 Å². The normalized spacial score (nSPS) is 15.6. The Morgan fingerprint density at radius 3 is 2.90 bits per heavy atom. The molecule has 20 heavy (non-hydrogen) atoms. The minimum absolute atomic E-state index is 0.106. The van der Waals surface area contributed by atoms with Gasteiger partial charge in [-0.25, -0.2) is 9.48 Å². The summed E-state index contributed by atoms with van der Waals surface area (Å²) >= 11 is 0. The second-order valence-electron chi connectivity index (χ2n) is 4.90. The van der Waals surface area contributed by atoms with Crippen molar-refractivity contribution < 1.29 is 9.90 Å². The lowest BCUT2D eigenvalue weighted by atomic mass is 9.96. The third-order valence-electron chi connectivity index (χ3n) is 3.44. The van der Waals surface area contributed by atoms with Crippen molar-refractivity contribution >= 4 is 11.8 Å². The zero-order valence-electron chi connectivity index (χ0n) is 11.3. The van der Waals surface area contributed by atoms with E-state index in [-0.39, 0.29) is 30.8 Å². The van der Waals surface area contributed by atoms with Crippen LogP contribution in [0.25, 0.3) is 0 Å². The lowest BCUT2D eigenvalue weighted by Crippen LogP contribution is -2.39. The van der Waals surface area contributed by atoms with Crippen molar-refractivity contribution in [2.24, 2.45) is 0 Å². The summed E-state index contributed by atoms with van der Waals surface area (Å²) in [7, 11) is 0. The first-order valence-electron chi connectivity index (χ1n) is 6.89. The van der Waals surface area contributed by atoms with E-state index in [0.717, 1.165) is 25.7 Å². The number of nitriles is 1. The van der Waals surface area contributed by atoms with Crippen LogP contribution < -0.4 is 10.6 Å². The third-order valence-corrected chi connectivity index (χ3v) is 3.44. The zero-order valence-corrected chi connectivity index (χ0v) is 11.3. The number of carbonyl (C=O) groups is 1. The van der Waals surface area contributed by atoms with Gasteiger partial charge in [-0.1, -0.05) is 19.3 Å². The van der Waals surface area contributed by atoms with Gasteiger partial charge in [0.1, 0.15) is 11.6 Å².